The zero-order valence-electron chi connectivity index (χ0n) is 15.7. The van der Waals surface area contributed by atoms with E-state index in [-0.39, 0.29) is 5.54 Å². The summed E-state index contributed by atoms with van der Waals surface area (Å²) >= 11 is 0. The average molecular weight is 390 g/mol. The third-order valence-corrected chi connectivity index (χ3v) is 6.95. The first-order valence-electron chi connectivity index (χ1n) is 9.80. The molecule has 1 saturated heterocycles. The number of benzene rings is 1. The molecule has 0 aromatic heterocycles. The van der Waals surface area contributed by atoms with Gasteiger partial charge >= 0.3 is 6.03 Å². The van der Waals surface area contributed by atoms with Crippen LogP contribution in [0, 0.1) is 0 Å². The summed E-state index contributed by atoms with van der Waals surface area (Å²) < 4.78 is 26.6. The molecule has 7 heteroatoms. The summed E-state index contributed by atoms with van der Waals surface area (Å²) in [6.45, 7) is 2.83. The topological polar surface area (TPSA) is 87.3 Å². The van der Waals surface area contributed by atoms with E-state index in [1.807, 2.05) is 13.0 Å². The lowest BCUT2D eigenvalue weighted by atomic mass is 9.98. The number of anilines is 1. The molecular formula is C20H27N3O3S. The summed E-state index contributed by atoms with van der Waals surface area (Å²) in [5, 5.41) is 7.15. The SMILES string of the molecule is CC1(/C=C/S(=O)(=O)NC(=O)Nc2cc3c(c4c2CCC4)CCC3)CCCN1. The summed E-state index contributed by atoms with van der Waals surface area (Å²) in [4.78, 5) is 12.4. The van der Waals surface area contributed by atoms with Crippen molar-refractivity contribution in [3.63, 3.8) is 0 Å². The number of aryl methyl sites for hydroxylation is 1. The minimum atomic E-state index is -3.83. The Balaban J connectivity index is 1.47. The van der Waals surface area contributed by atoms with Crippen LogP contribution in [0.4, 0.5) is 10.5 Å². The molecule has 27 heavy (non-hydrogen) atoms. The van der Waals surface area contributed by atoms with E-state index in [1.165, 1.54) is 22.3 Å². The molecule has 2 amide bonds. The fourth-order valence-corrected chi connectivity index (χ4v) is 5.49. The normalized spacial score (nSPS) is 24.2. The van der Waals surface area contributed by atoms with Crippen molar-refractivity contribution in [2.45, 2.75) is 63.8 Å². The molecule has 1 fully saturated rings. The number of sulfonamides is 1. The number of hydrogen-bond acceptors (Lipinski definition) is 4. The van der Waals surface area contributed by atoms with E-state index in [9.17, 15) is 13.2 Å². The molecule has 146 valence electrons. The minimum absolute atomic E-state index is 0.327. The molecule has 2 aliphatic carbocycles. The van der Waals surface area contributed by atoms with Crippen molar-refractivity contribution < 1.29 is 13.2 Å². The molecule has 0 radical (unpaired) electrons. The van der Waals surface area contributed by atoms with Gasteiger partial charge in [-0.25, -0.2) is 17.9 Å². The van der Waals surface area contributed by atoms with Crippen LogP contribution in [-0.4, -0.2) is 26.5 Å². The predicted molar refractivity (Wildman–Crippen MR) is 106 cm³/mol. The van der Waals surface area contributed by atoms with Crippen LogP contribution in [0.2, 0.25) is 0 Å². The van der Waals surface area contributed by atoms with Crippen molar-refractivity contribution in [2.75, 3.05) is 11.9 Å². The highest BCUT2D eigenvalue weighted by Crippen LogP contribution is 2.38. The molecular weight excluding hydrogens is 362 g/mol. The van der Waals surface area contributed by atoms with Gasteiger partial charge < -0.3 is 10.6 Å². The van der Waals surface area contributed by atoms with E-state index in [4.69, 9.17) is 0 Å². The maximum Gasteiger partial charge on any atom is 0.333 e. The van der Waals surface area contributed by atoms with Crippen molar-refractivity contribution in [2.24, 2.45) is 0 Å². The summed E-state index contributed by atoms with van der Waals surface area (Å²) in [5.41, 5.74) is 5.76. The molecule has 3 N–H and O–H groups in total. The highest BCUT2D eigenvalue weighted by molar-refractivity contribution is 7.92. The van der Waals surface area contributed by atoms with Gasteiger partial charge in [0, 0.05) is 16.6 Å². The Morgan fingerprint density at radius 2 is 1.85 bits per heavy atom. The van der Waals surface area contributed by atoms with Crippen molar-refractivity contribution in [1.82, 2.24) is 10.0 Å². The van der Waals surface area contributed by atoms with Gasteiger partial charge in [0.15, 0.2) is 0 Å². The smallest absolute Gasteiger partial charge is 0.308 e. The van der Waals surface area contributed by atoms with Crippen LogP contribution >= 0.6 is 0 Å². The molecule has 6 nitrogen and oxygen atoms in total. The van der Waals surface area contributed by atoms with E-state index >= 15 is 0 Å². The number of carbonyl (C=O) groups excluding carboxylic acids is 1. The van der Waals surface area contributed by atoms with Crippen LogP contribution in [0.15, 0.2) is 17.6 Å². The number of fused-ring (bicyclic) bond motifs is 3. The molecule has 1 atom stereocenters. The molecule has 1 aromatic carbocycles. The van der Waals surface area contributed by atoms with Crippen molar-refractivity contribution in [1.29, 1.82) is 0 Å². The Morgan fingerprint density at radius 3 is 2.63 bits per heavy atom. The summed E-state index contributed by atoms with van der Waals surface area (Å²) in [6, 6.07) is 1.34. The molecule has 1 heterocycles. The van der Waals surface area contributed by atoms with E-state index in [2.05, 4.69) is 15.4 Å². The zero-order valence-corrected chi connectivity index (χ0v) is 16.5. The van der Waals surface area contributed by atoms with E-state index in [0.717, 1.165) is 69.0 Å². The Kier molecular flexibility index (Phi) is 4.76. The Labute approximate surface area is 160 Å². The standard InChI is InChI=1S/C20H27N3O3S/c1-20(9-4-11-21-20)10-12-27(25,26)23-19(24)22-18-13-14-5-2-6-15(14)16-7-3-8-17(16)18/h10,12-13,21H,2-9,11H2,1H3,(H2,22,23,24)/b12-10+. The van der Waals surface area contributed by atoms with E-state index < -0.39 is 16.1 Å². The van der Waals surface area contributed by atoms with Crippen molar-refractivity contribution >= 4 is 21.7 Å². The Morgan fingerprint density at radius 1 is 1.11 bits per heavy atom. The zero-order chi connectivity index (χ0) is 19.1. The Hall–Kier alpha value is -1.86. The second-order valence-electron chi connectivity index (χ2n) is 8.08. The van der Waals surface area contributed by atoms with Crippen LogP contribution in [0.25, 0.3) is 0 Å². The van der Waals surface area contributed by atoms with Gasteiger partial charge in [-0.3, -0.25) is 0 Å². The summed E-state index contributed by atoms with van der Waals surface area (Å²) in [7, 11) is -3.83. The van der Waals surface area contributed by atoms with Gasteiger partial charge in [-0.05, 0) is 93.2 Å². The lowest BCUT2D eigenvalue weighted by Crippen LogP contribution is -2.36. The second-order valence-corrected chi connectivity index (χ2v) is 9.64. The van der Waals surface area contributed by atoms with Gasteiger partial charge in [0.25, 0.3) is 10.0 Å². The van der Waals surface area contributed by atoms with Crippen molar-refractivity contribution in [3.05, 3.63) is 39.8 Å². The molecule has 0 bridgehead atoms. The van der Waals surface area contributed by atoms with Gasteiger partial charge in [0.1, 0.15) is 0 Å². The fraction of sp³-hybridized carbons (Fsp3) is 0.550. The van der Waals surface area contributed by atoms with Crippen molar-refractivity contribution in [3.8, 4) is 0 Å². The lowest BCUT2D eigenvalue weighted by molar-refractivity contribution is 0.256. The molecule has 0 spiro atoms. The molecule has 1 unspecified atom stereocenters. The number of amides is 2. The summed E-state index contributed by atoms with van der Waals surface area (Å²) in [6.07, 6.45) is 9.92. The third-order valence-electron chi connectivity index (χ3n) is 5.99. The molecule has 3 aliphatic rings. The van der Waals surface area contributed by atoms with Crippen LogP contribution in [0.1, 0.15) is 54.9 Å². The van der Waals surface area contributed by atoms with E-state index in [0.29, 0.717) is 0 Å². The first-order valence-corrected chi connectivity index (χ1v) is 11.3. The van der Waals surface area contributed by atoms with Crippen LogP contribution in [0.3, 0.4) is 0 Å². The highest BCUT2D eigenvalue weighted by atomic mass is 32.2. The highest BCUT2D eigenvalue weighted by Gasteiger charge is 2.27. The predicted octanol–water partition coefficient (Wildman–Crippen LogP) is 2.77. The van der Waals surface area contributed by atoms with Crippen LogP contribution < -0.4 is 15.4 Å². The first kappa shape index (κ1) is 18.5. The Bertz CT molecular complexity index is 900. The summed E-state index contributed by atoms with van der Waals surface area (Å²) in [5.74, 6) is 0. The van der Waals surface area contributed by atoms with Gasteiger partial charge in [-0.1, -0.05) is 6.08 Å². The van der Waals surface area contributed by atoms with Crippen LogP contribution in [-0.2, 0) is 35.7 Å². The van der Waals surface area contributed by atoms with Gasteiger partial charge in [-0.2, -0.15) is 0 Å². The third kappa shape index (κ3) is 3.89. The average Bonchev–Trinajstić information content (AvgIpc) is 3.32. The maximum atomic E-state index is 12.4. The van der Waals surface area contributed by atoms with E-state index in [1.54, 1.807) is 6.08 Å². The fourth-order valence-electron chi connectivity index (χ4n) is 4.63. The van der Waals surface area contributed by atoms with Crippen LogP contribution in [0.5, 0.6) is 0 Å². The largest absolute Gasteiger partial charge is 0.333 e. The monoisotopic (exact) mass is 389 g/mol. The van der Waals surface area contributed by atoms with Gasteiger partial charge in [-0.15, -0.1) is 0 Å². The molecule has 1 aliphatic heterocycles. The maximum absolute atomic E-state index is 12.4. The van der Waals surface area contributed by atoms with Gasteiger partial charge in [0.05, 0.1) is 0 Å². The molecule has 1 aromatic rings. The van der Waals surface area contributed by atoms with Gasteiger partial charge in [0.2, 0.25) is 0 Å². The molecule has 4 rings (SSSR count). The first-order chi connectivity index (χ1) is 12.9. The number of urea groups is 1. The molecule has 0 saturated carbocycles. The second kappa shape index (κ2) is 6.95. The number of carbonyl (C=O) groups is 1. The minimum Gasteiger partial charge on any atom is -0.308 e. The number of rotatable bonds is 4. The quantitative estimate of drug-likeness (QED) is 0.739. The number of nitrogens with one attached hydrogen (secondary N) is 3. The lowest BCUT2D eigenvalue weighted by Gasteiger charge is -2.19. The number of hydrogen-bond donors (Lipinski definition) is 3.